The highest BCUT2D eigenvalue weighted by molar-refractivity contribution is 9.10. The number of hydrogen-bond acceptors (Lipinski definition) is 5. The Labute approximate surface area is 136 Å². The molecule has 1 N–H and O–H groups in total. The summed E-state index contributed by atoms with van der Waals surface area (Å²) >= 11 is 3.43. The predicted molar refractivity (Wildman–Crippen MR) is 83.0 cm³/mol. The first kappa shape index (κ1) is 16.1. The normalized spacial score (nSPS) is 11.5. The highest BCUT2D eigenvalue weighted by atomic mass is 79.9. The Kier molecular flexibility index (Phi) is 5.60. The van der Waals surface area contributed by atoms with Gasteiger partial charge in [-0.3, -0.25) is 9.78 Å². The Morgan fingerprint density at radius 1 is 1.32 bits per heavy atom. The van der Waals surface area contributed by atoms with Crippen LogP contribution < -0.4 is 5.32 Å². The van der Waals surface area contributed by atoms with Crippen molar-refractivity contribution in [2.24, 2.45) is 0 Å². The van der Waals surface area contributed by atoms with Crippen LogP contribution in [0.5, 0.6) is 0 Å². The Bertz CT molecular complexity index is 664. The van der Waals surface area contributed by atoms with Crippen LogP contribution in [0.3, 0.4) is 0 Å². The van der Waals surface area contributed by atoms with Crippen LogP contribution in [-0.2, 0) is 9.53 Å². The molecule has 0 bridgehead atoms. The van der Waals surface area contributed by atoms with Crippen LogP contribution in [0.25, 0.3) is 0 Å². The highest BCUT2D eigenvalue weighted by Gasteiger charge is 2.15. The summed E-state index contributed by atoms with van der Waals surface area (Å²) in [4.78, 5) is 31.0. The van der Waals surface area contributed by atoms with Crippen molar-refractivity contribution in [1.82, 2.24) is 15.3 Å². The van der Waals surface area contributed by atoms with Gasteiger partial charge in [0.05, 0.1) is 12.2 Å². The predicted octanol–water partition coefficient (Wildman–Crippen LogP) is 2.27. The Morgan fingerprint density at radius 2 is 2.09 bits per heavy atom. The SMILES string of the molecule is C[C@H](NC(=O)COC(=O)c1cnccn1)c1ccccc1Br. The fourth-order valence-electron chi connectivity index (χ4n) is 1.80. The number of nitrogens with one attached hydrogen (secondary N) is 1. The summed E-state index contributed by atoms with van der Waals surface area (Å²) in [5, 5.41) is 2.76. The molecule has 0 unspecified atom stereocenters. The van der Waals surface area contributed by atoms with E-state index in [-0.39, 0.29) is 24.2 Å². The van der Waals surface area contributed by atoms with Crippen molar-refractivity contribution in [2.45, 2.75) is 13.0 Å². The molecule has 2 aromatic rings. The molecule has 0 aliphatic carbocycles. The first-order valence-corrected chi connectivity index (χ1v) is 7.34. The van der Waals surface area contributed by atoms with Gasteiger partial charge in [0.1, 0.15) is 0 Å². The van der Waals surface area contributed by atoms with Crippen LogP contribution in [0.2, 0.25) is 0 Å². The van der Waals surface area contributed by atoms with Crippen molar-refractivity contribution in [3.05, 3.63) is 58.6 Å². The first-order chi connectivity index (χ1) is 10.6. The number of esters is 1. The van der Waals surface area contributed by atoms with Crippen LogP contribution >= 0.6 is 15.9 Å². The number of carbonyl (C=O) groups is 2. The van der Waals surface area contributed by atoms with Crippen molar-refractivity contribution in [1.29, 1.82) is 0 Å². The number of aromatic nitrogens is 2. The maximum atomic E-state index is 11.8. The lowest BCUT2D eigenvalue weighted by atomic mass is 10.1. The van der Waals surface area contributed by atoms with Crippen molar-refractivity contribution < 1.29 is 14.3 Å². The number of benzene rings is 1. The van der Waals surface area contributed by atoms with E-state index in [1.54, 1.807) is 0 Å². The molecule has 0 fully saturated rings. The minimum Gasteiger partial charge on any atom is -0.451 e. The number of ether oxygens (including phenoxy) is 1. The van der Waals surface area contributed by atoms with Gasteiger partial charge in [-0.1, -0.05) is 34.1 Å². The molecule has 22 heavy (non-hydrogen) atoms. The Morgan fingerprint density at radius 3 is 2.77 bits per heavy atom. The average molecular weight is 364 g/mol. The summed E-state index contributed by atoms with van der Waals surface area (Å²) in [5.41, 5.74) is 1.00. The Hall–Kier alpha value is -2.28. The molecule has 0 radical (unpaired) electrons. The van der Waals surface area contributed by atoms with Gasteiger partial charge in [0.25, 0.3) is 5.91 Å². The number of nitrogens with zero attached hydrogens (tertiary/aromatic N) is 2. The zero-order valence-corrected chi connectivity index (χ0v) is 13.4. The molecule has 6 nitrogen and oxygen atoms in total. The molecule has 1 atom stereocenters. The first-order valence-electron chi connectivity index (χ1n) is 6.55. The van der Waals surface area contributed by atoms with E-state index in [0.717, 1.165) is 10.0 Å². The van der Waals surface area contributed by atoms with Gasteiger partial charge < -0.3 is 10.1 Å². The second-order valence-corrected chi connectivity index (χ2v) is 5.33. The maximum Gasteiger partial charge on any atom is 0.359 e. The van der Waals surface area contributed by atoms with Crippen molar-refractivity contribution in [3.63, 3.8) is 0 Å². The van der Waals surface area contributed by atoms with E-state index in [0.29, 0.717) is 0 Å². The van der Waals surface area contributed by atoms with E-state index in [1.165, 1.54) is 18.6 Å². The quantitative estimate of drug-likeness (QED) is 0.824. The molecule has 1 amide bonds. The molecule has 1 aromatic heterocycles. The molecule has 0 saturated heterocycles. The largest absolute Gasteiger partial charge is 0.451 e. The average Bonchev–Trinajstić information content (AvgIpc) is 2.53. The monoisotopic (exact) mass is 363 g/mol. The molecule has 2 rings (SSSR count). The molecule has 0 saturated carbocycles. The number of amides is 1. The number of halogens is 1. The van der Waals surface area contributed by atoms with E-state index in [4.69, 9.17) is 4.74 Å². The maximum absolute atomic E-state index is 11.8. The standard InChI is InChI=1S/C15H14BrN3O3/c1-10(11-4-2-3-5-12(11)16)19-14(20)9-22-15(21)13-8-17-6-7-18-13/h2-8,10H,9H2,1H3,(H,19,20)/t10-/m0/s1. The molecular formula is C15H14BrN3O3. The summed E-state index contributed by atoms with van der Waals surface area (Å²) in [6, 6.07) is 7.37. The summed E-state index contributed by atoms with van der Waals surface area (Å²) < 4.78 is 5.79. The lowest BCUT2D eigenvalue weighted by Gasteiger charge is -2.15. The van der Waals surface area contributed by atoms with Gasteiger partial charge in [0.2, 0.25) is 0 Å². The van der Waals surface area contributed by atoms with E-state index in [2.05, 4.69) is 31.2 Å². The number of carbonyl (C=O) groups excluding carboxylic acids is 2. The minimum absolute atomic E-state index is 0.0640. The molecule has 7 heteroatoms. The van der Waals surface area contributed by atoms with Crippen molar-refractivity contribution in [3.8, 4) is 0 Å². The molecular weight excluding hydrogens is 350 g/mol. The van der Waals surface area contributed by atoms with Crippen molar-refractivity contribution >= 4 is 27.8 Å². The molecule has 114 valence electrons. The zero-order chi connectivity index (χ0) is 15.9. The summed E-state index contributed by atoms with van der Waals surface area (Å²) in [7, 11) is 0. The van der Waals surface area contributed by atoms with Crippen LogP contribution in [0.4, 0.5) is 0 Å². The lowest BCUT2D eigenvalue weighted by molar-refractivity contribution is -0.124. The Balaban J connectivity index is 1.86. The highest BCUT2D eigenvalue weighted by Crippen LogP contribution is 2.22. The summed E-state index contributed by atoms with van der Waals surface area (Å²) in [5.74, 6) is -1.07. The van der Waals surface area contributed by atoms with Gasteiger partial charge in [-0.15, -0.1) is 0 Å². The fraction of sp³-hybridized carbons (Fsp3) is 0.200. The van der Waals surface area contributed by atoms with Crippen LogP contribution in [0.1, 0.15) is 29.0 Å². The smallest absolute Gasteiger partial charge is 0.359 e. The topological polar surface area (TPSA) is 81.2 Å². The van der Waals surface area contributed by atoms with Gasteiger partial charge >= 0.3 is 5.97 Å². The van der Waals surface area contributed by atoms with Gasteiger partial charge in [0.15, 0.2) is 12.3 Å². The zero-order valence-electron chi connectivity index (χ0n) is 11.8. The molecule has 0 aliphatic heterocycles. The molecule has 1 heterocycles. The van der Waals surface area contributed by atoms with E-state index >= 15 is 0 Å². The van der Waals surface area contributed by atoms with Gasteiger partial charge in [-0.05, 0) is 18.6 Å². The van der Waals surface area contributed by atoms with Crippen LogP contribution in [0.15, 0.2) is 47.3 Å². The van der Waals surface area contributed by atoms with Crippen LogP contribution in [0, 0.1) is 0 Å². The second-order valence-electron chi connectivity index (χ2n) is 4.48. The summed E-state index contributed by atoms with van der Waals surface area (Å²) in [6.45, 7) is 1.48. The van der Waals surface area contributed by atoms with Gasteiger partial charge in [-0.25, -0.2) is 9.78 Å². The van der Waals surface area contributed by atoms with E-state index in [1.807, 2.05) is 31.2 Å². The third kappa shape index (κ3) is 4.36. The lowest BCUT2D eigenvalue weighted by Crippen LogP contribution is -2.31. The third-order valence-electron chi connectivity index (χ3n) is 2.86. The van der Waals surface area contributed by atoms with Crippen LogP contribution in [-0.4, -0.2) is 28.5 Å². The van der Waals surface area contributed by atoms with E-state index < -0.39 is 5.97 Å². The fourth-order valence-corrected chi connectivity index (χ4v) is 2.42. The van der Waals surface area contributed by atoms with Gasteiger partial charge in [-0.2, -0.15) is 0 Å². The molecule has 0 spiro atoms. The van der Waals surface area contributed by atoms with Crippen molar-refractivity contribution in [2.75, 3.05) is 6.61 Å². The minimum atomic E-state index is -0.684. The molecule has 1 aromatic carbocycles. The second kappa shape index (κ2) is 7.65. The number of hydrogen-bond donors (Lipinski definition) is 1. The molecule has 0 aliphatic rings. The number of rotatable bonds is 5. The van der Waals surface area contributed by atoms with E-state index in [9.17, 15) is 9.59 Å². The third-order valence-corrected chi connectivity index (χ3v) is 3.58. The summed E-state index contributed by atoms with van der Waals surface area (Å²) in [6.07, 6.45) is 4.11. The van der Waals surface area contributed by atoms with Gasteiger partial charge in [0, 0.05) is 16.9 Å².